The van der Waals surface area contributed by atoms with Crippen molar-refractivity contribution in [2.24, 2.45) is 0 Å². The maximum Gasteiger partial charge on any atom is 0.389 e. The average molecular weight is 292 g/mol. The molecule has 0 amide bonds. The Morgan fingerprint density at radius 2 is 2.00 bits per heavy atom. The topological polar surface area (TPSA) is 12.0 Å². The third-order valence-corrected chi connectivity index (χ3v) is 3.76. The van der Waals surface area contributed by atoms with E-state index in [0.29, 0.717) is 18.5 Å². The fourth-order valence-electron chi connectivity index (χ4n) is 2.41. The Hall–Kier alpha value is -0.740. The van der Waals surface area contributed by atoms with E-state index in [9.17, 15) is 13.2 Å². The summed E-state index contributed by atoms with van der Waals surface area (Å²) >= 11 is 5.93. The number of benzene rings is 1. The molecule has 0 heterocycles. The first-order chi connectivity index (χ1) is 8.94. The minimum Gasteiger partial charge on any atom is -0.314 e. The van der Waals surface area contributed by atoms with Gasteiger partial charge in [0.1, 0.15) is 0 Å². The van der Waals surface area contributed by atoms with E-state index in [1.807, 2.05) is 18.2 Å². The molecule has 1 fully saturated rings. The van der Waals surface area contributed by atoms with Crippen molar-refractivity contribution in [3.8, 4) is 0 Å². The number of hydrogen-bond acceptors (Lipinski definition) is 1. The maximum absolute atomic E-state index is 12.0. The molecule has 1 aromatic carbocycles. The van der Waals surface area contributed by atoms with Crippen LogP contribution in [0.25, 0.3) is 0 Å². The Morgan fingerprint density at radius 3 is 2.63 bits per heavy atom. The van der Waals surface area contributed by atoms with Crippen molar-refractivity contribution in [1.82, 2.24) is 5.32 Å². The first-order valence-electron chi connectivity index (χ1n) is 6.49. The minimum atomic E-state index is -4.04. The Kier molecular flexibility index (Phi) is 4.74. The first-order valence-corrected chi connectivity index (χ1v) is 6.87. The van der Waals surface area contributed by atoms with E-state index in [2.05, 4.69) is 11.4 Å². The predicted octanol–water partition coefficient (Wildman–Crippen LogP) is 4.52. The summed E-state index contributed by atoms with van der Waals surface area (Å²) in [5.74, 6) is 0.485. The number of nitrogens with one attached hydrogen (secondary N) is 1. The lowest BCUT2D eigenvalue weighted by atomic mass is 9.76. The minimum absolute atomic E-state index is 0.155. The van der Waals surface area contributed by atoms with Crippen LogP contribution in [0.3, 0.4) is 0 Å². The van der Waals surface area contributed by atoms with Gasteiger partial charge in [0.05, 0.1) is 0 Å². The van der Waals surface area contributed by atoms with Crippen LogP contribution in [0.4, 0.5) is 13.2 Å². The molecule has 1 nitrogen and oxygen atoms in total. The highest BCUT2D eigenvalue weighted by Gasteiger charge is 2.30. The van der Waals surface area contributed by atoms with Gasteiger partial charge in [0.2, 0.25) is 0 Å². The van der Waals surface area contributed by atoms with Gasteiger partial charge in [-0.05, 0) is 49.4 Å². The summed E-state index contributed by atoms with van der Waals surface area (Å²) in [6.07, 6.45) is -2.63. The molecule has 1 aliphatic rings. The lowest BCUT2D eigenvalue weighted by Crippen LogP contribution is -2.40. The summed E-state index contributed by atoms with van der Waals surface area (Å²) in [7, 11) is 0. The van der Waals surface area contributed by atoms with E-state index in [-0.39, 0.29) is 6.42 Å². The highest BCUT2D eigenvalue weighted by atomic mass is 35.5. The zero-order valence-corrected chi connectivity index (χ0v) is 11.3. The normalized spacial score (nSPS) is 23.2. The Balaban J connectivity index is 1.64. The quantitative estimate of drug-likeness (QED) is 0.787. The molecule has 0 aromatic heterocycles. The van der Waals surface area contributed by atoms with Crippen LogP contribution in [0.5, 0.6) is 0 Å². The van der Waals surface area contributed by atoms with Crippen molar-refractivity contribution in [3.63, 3.8) is 0 Å². The van der Waals surface area contributed by atoms with Gasteiger partial charge in [-0.15, -0.1) is 0 Å². The van der Waals surface area contributed by atoms with Crippen LogP contribution in [-0.4, -0.2) is 18.8 Å². The third kappa shape index (κ3) is 4.69. The summed E-state index contributed by atoms with van der Waals surface area (Å²) in [5.41, 5.74) is 1.22. The molecule has 0 radical (unpaired) electrons. The van der Waals surface area contributed by atoms with Gasteiger partial charge in [-0.2, -0.15) is 13.2 Å². The molecule has 0 saturated heterocycles. The smallest absolute Gasteiger partial charge is 0.314 e. The zero-order valence-electron chi connectivity index (χ0n) is 10.5. The summed E-state index contributed by atoms with van der Waals surface area (Å²) in [6.45, 7) is 0.437. The SMILES string of the molecule is FC(F)(F)CCCNC1CC(c2cccc(Cl)c2)C1. The fraction of sp³-hybridized carbons (Fsp3) is 0.571. The largest absolute Gasteiger partial charge is 0.389 e. The van der Waals surface area contributed by atoms with Crippen molar-refractivity contribution in [2.45, 2.75) is 43.8 Å². The molecule has 0 aliphatic heterocycles. The van der Waals surface area contributed by atoms with E-state index in [0.717, 1.165) is 17.9 Å². The fourth-order valence-corrected chi connectivity index (χ4v) is 2.61. The average Bonchev–Trinajstić information content (AvgIpc) is 2.24. The molecule has 0 atom stereocenters. The molecule has 106 valence electrons. The molecule has 1 aliphatic carbocycles. The van der Waals surface area contributed by atoms with Crippen molar-refractivity contribution >= 4 is 11.6 Å². The van der Waals surface area contributed by atoms with Crippen molar-refractivity contribution in [2.75, 3.05) is 6.54 Å². The van der Waals surface area contributed by atoms with Gasteiger partial charge in [-0.1, -0.05) is 23.7 Å². The van der Waals surface area contributed by atoms with E-state index in [1.165, 1.54) is 5.56 Å². The van der Waals surface area contributed by atoms with E-state index >= 15 is 0 Å². The summed E-state index contributed by atoms with van der Waals surface area (Å²) in [6, 6.07) is 8.14. The van der Waals surface area contributed by atoms with Crippen LogP contribution in [0.15, 0.2) is 24.3 Å². The Labute approximate surface area is 116 Å². The standard InChI is InChI=1S/C14H17ClF3N/c15-12-4-1-3-10(7-12)11-8-13(9-11)19-6-2-5-14(16,17)18/h1,3-4,7,11,13,19H,2,5-6,8-9H2. The molecule has 0 spiro atoms. The molecule has 0 bridgehead atoms. The summed E-state index contributed by atoms with van der Waals surface area (Å²) in [5, 5.41) is 3.91. The van der Waals surface area contributed by atoms with Crippen LogP contribution in [0, 0.1) is 0 Å². The van der Waals surface area contributed by atoms with Gasteiger partial charge in [-0.25, -0.2) is 0 Å². The van der Waals surface area contributed by atoms with Gasteiger partial charge in [0, 0.05) is 17.5 Å². The van der Waals surface area contributed by atoms with Crippen LogP contribution < -0.4 is 5.32 Å². The van der Waals surface area contributed by atoms with Crippen molar-refractivity contribution in [3.05, 3.63) is 34.9 Å². The number of rotatable bonds is 5. The second-order valence-electron chi connectivity index (χ2n) is 5.09. The lowest BCUT2D eigenvalue weighted by molar-refractivity contribution is -0.135. The molecule has 1 N–H and O–H groups in total. The van der Waals surface area contributed by atoms with Crippen molar-refractivity contribution < 1.29 is 13.2 Å². The number of hydrogen-bond donors (Lipinski definition) is 1. The van der Waals surface area contributed by atoms with E-state index in [1.54, 1.807) is 0 Å². The van der Waals surface area contributed by atoms with Crippen LogP contribution in [-0.2, 0) is 0 Å². The van der Waals surface area contributed by atoms with Gasteiger partial charge in [-0.3, -0.25) is 0 Å². The van der Waals surface area contributed by atoms with Crippen LogP contribution in [0.2, 0.25) is 5.02 Å². The highest BCUT2D eigenvalue weighted by Crippen LogP contribution is 2.37. The Bertz CT molecular complexity index is 413. The summed E-state index contributed by atoms with van der Waals surface area (Å²) in [4.78, 5) is 0. The van der Waals surface area contributed by atoms with Gasteiger partial charge >= 0.3 is 6.18 Å². The van der Waals surface area contributed by atoms with E-state index < -0.39 is 12.6 Å². The second kappa shape index (κ2) is 6.14. The number of halogens is 4. The molecular formula is C14H17ClF3N. The molecule has 5 heteroatoms. The lowest BCUT2D eigenvalue weighted by Gasteiger charge is -2.36. The summed E-state index contributed by atoms with van der Waals surface area (Å²) < 4.78 is 35.9. The zero-order chi connectivity index (χ0) is 13.9. The first kappa shape index (κ1) is 14.7. The van der Waals surface area contributed by atoms with Gasteiger partial charge < -0.3 is 5.32 Å². The Morgan fingerprint density at radius 1 is 1.26 bits per heavy atom. The number of alkyl halides is 3. The van der Waals surface area contributed by atoms with Crippen LogP contribution in [0.1, 0.15) is 37.2 Å². The molecular weight excluding hydrogens is 275 g/mol. The molecule has 1 aromatic rings. The van der Waals surface area contributed by atoms with Crippen molar-refractivity contribution in [1.29, 1.82) is 0 Å². The highest BCUT2D eigenvalue weighted by molar-refractivity contribution is 6.30. The second-order valence-corrected chi connectivity index (χ2v) is 5.53. The maximum atomic E-state index is 12.0. The molecule has 1 saturated carbocycles. The van der Waals surface area contributed by atoms with Gasteiger partial charge in [0.25, 0.3) is 0 Å². The van der Waals surface area contributed by atoms with Gasteiger partial charge in [0.15, 0.2) is 0 Å². The predicted molar refractivity (Wildman–Crippen MR) is 70.5 cm³/mol. The third-order valence-electron chi connectivity index (χ3n) is 3.53. The van der Waals surface area contributed by atoms with Crippen LogP contribution >= 0.6 is 11.6 Å². The molecule has 19 heavy (non-hydrogen) atoms. The van der Waals surface area contributed by atoms with E-state index in [4.69, 9.17) is 11.6 Å². The monoisotopic (exact) mass is 291 g/mol. The molecule has 2 rings (SSSR count). The molecule has 0 unspecified atom stereocenters.